The van der Waals surface area contributed by atoms with Gasteiger partial charge in [-0.05, 0) is 66.1 Å². The Morgan fingerprint density at radius 1 is 1.12 bits per heavy atom. The van der Waals surface area contributed by atoms with Gasteiger partial charge in [-0.3, -0.25) is 10.1 Å². The zero-order valence-corrected chi connectivity index (χ0v) is 19.4. The summed E-state index contributed by atoms with van der Waals surface area (Å²) in [4.78, 5) is 10.4. The van der Waals surface area contributed by atoms with Crippen LogP contribution in [-0.2, 0) is 6.61 Å². The summed E-state index contributed by atoms with van der Waals surface area (Å²) in [6.45, 7) is 2.65. The highest BCUT2D eigenvalue weighted by atomic mass is 79.9. The van der Waals surface area contributed by atoms with Crippen molar-refractivity contribution in [1.29, 1.82) is 5.26 Å². The third kappa shape index (κ3) is 5.88. The standard InChI is InChI=1S/C24H18BrClN2O4/c1-2-31-23-12-18(11-19(14-27)17-5-9-21(10-6-17)28(29)30)22(25)13-24(23)32-15-16-3-7-20(26)8-4-16/h3-13H,2,15H2,1H3/b19-11-. The molecule has 0 amide bonds. The SMILES string of the molecule is CCOc1cc(/C=C(/C#N)c2ccc([N+](=O)[O-])cc2)c(Br)cc1OCc1ccc(Cl)cc1. The van der Waals surface area contributed by atoms with Gasteiger partial charge in [0.25, 0.3) is 5.69 Å². The highest BCUT2D eigenvalue weighted by molar-refractivity contribution is 9.10. The molecule has 0 saturated heterocycles. The molecule has 0 radical (unpaired) electrons. The lowest BCUT2D eigenvalue weighted by Crippen LogP contribution is -2.00. The lowest BCUT2D eigenvalue weighted by atomic mass is 10.0. The number of rotatable bonds is 8. The molecule has 0 saturated carbocycles. The minimum absolute atomic E-state index is 0.0342. The average molecular weight is 514 g/mol. The van der Waals surface area contributed by atoms with Gasteiger partial charge in [-0.15, -0.1) is 0 Å². The number of ether oxygens (including phenoxy) is 2. The second kappa shape index (κ2) is 10.8. The molecular weight excluding hydrogens is 496 g/mol. The van der Waals surface area contributed by atoms with E-state index >= 15 is 0 Å². The van der Waals surface area contributed by atoms with Crippen LogP contribution in [-0.4, -0.2) is 11.5 Å². The maximum Gasteiger partial charge on any atom is 0.269 e. The minimum Gasteiger partial charge on any atom is -0.490 e. The molecule has 3 rings (SSSR count). The molecule has 0 aliphatic carbocycles. The fourth-order valence-electron chi connectivity index (χ4n) is 2.88. The molecule has 0 unspecified atom stereocenters. The Morgan fingerprint density at radius 2 is 1.78 bits per heavy atom. The summed E-state index contributed by atoms with van der Waals surface area (Å²) >= 11 is 9.46. The molecule has 0 N–H and O–H groups in total. The van der Waals surface area contributed by atoms with Crippen molar-refractivity contribution in [2.45, 2.75) is 13.5 Å². The van der Waals surface area contributed by atoms with Crippen LogP contribution in [0.3, 0.4) is 0 Å². The molecular formula is C24H18BrClN2O4. The lowest BCUT2D eigenvalue weighted by Gasteiger charge is -2.14. The first-order valence-electron chi connectivity index (χ1n) is 9.61. The number of halogens is 2. The highest BCUT2D eigenvalue weighted by Gasteiger charge is 2.13. The second-order valence-electron chi connectivity index (χ2n) is 6.64. The fourth-order valence-corrected chi connectivity index (χ4v) is 3.45. The number of hydrogen-bond donors (Lipinski definition) is 0. The number of hydrogen-bond acceptors (Lipinski definition) is 5. The monoisotopic (exact) mass is 512 g/mol. The van der Waals surface area contributed by atoms with E-state index in [0.29, 0.717) is 50.9 Å². The van der Waals surface area contributed by atoms with E-state index in [-0.39, 0.29) is 5.69 Å². The van der Waals surface area contributed by atoms with E-state index in [2.05, 4.69) is 22.0 Å². The van der Waals surface area contributed by atoms with Crippen LogP contribution in [0.4, 0.5) is 5.69 Å². The summed E-state index contributed by atoms with van der Waals surface area (Å²) in [5, 5.41) is 21.2. The third-order valence-corrected chi connectivity index (χ3v) is 5.42. The Balaban J connectivity index is 1.90. The Kier molecular flexibility index (Phi) is 7.87. The Morgan fingerprint density at radius 3 is 2.38 bits per heavy atom. The number of nitriles is 1. The average Bonchev–Trinajstić information content (AvgIpc) is 2.79. The fraction of sp³-hybridized carbons (Fsp3) is 0.125. The molecule has 0 aromatic heterocycles. The summed E-state index contributed by atoms with van der Waals surface area (Å²) in [6, 6.07) is 18.9. The first-order valence-corrected chi connectivity index (χ1v) is 10.8. The predicted molar refractivity (Wildman–Crippen MR) is 128 cm³/mol. The molecule has 0 fully saturated rings. The summed E-state index contributed by atoms with van der Waals surface area (Å²) in [5.74, 6) is 1.09. The minimum atomic E-state index is -0.479. The van der Waals surface area contributed by atoms with Crippen molar-refractivity contribution in [3.05, 3.63) is 97.0 Å². The lowest BCUT2D eigenvalue weighted by molar-refractivity contribution is -0.384. The molecule has 0 aliphatic heterocycles. The maximum absolute atomic E-state index is 10.9. The van der Waals surface area contributed by atoms with Crippen molar-refractivity contribution in [2.75, 3.05) is 6.61 Å². The van der Waals surface area contributed by atoms with E-state index in [0.717, 1.165) is 5.56 Å². The molecule has 0 heterocycles. The van der Waals surface area contributed by atoms with E-state index in [4.69, 9.17) is 21.1 Å². The molecule has 162 valence electrons. The number of nitrogens with zero attached hydrogens (tertiary/aromatic N) is 2. The van der Waals surface area contributed by atoms with Crippen LogP contribution in [0.1, 0.15) is 23.6 Å². The smallest absolute Gasteiger partial charge is 0.269 e. The highest BCUT2D eigenvalue weighted by Crippen LogP contribution is 2.36. The van der Waals surface area contributed by atoms with Gasteiger partial charge >= 0.3 is 0 Å². The van der Waals surface area contributed by atoms with Gasteiger partial charge < -0.3 is 9.47 Å². The van der Waals surface area contributed by atoms with Crippen molar-refractivity contribution in [3.63, 3.8) is 0 Å². The molecule has 0 aliphatic rings. The van der Waals surface area contributed by atoms with Crippen molar-refractivity contribution in [2.24, 2.45) is 0 Å². The van der Waals surface area contributed by atoms with Crippen molar-refractivity contribution in [1.82, 2.24) is 0 Å². The Hall–Kier alpha value is -3.34. The van der Waals surface area contributed by atoms with Gasteiger partial charge in [0.2, 0.25) is 0 Å². The predicted octanol–water partition coefficient (Wildman–Crippen LogP) is 7.05. The van der Waals surface area contributed by atoms with E-state index in [1.165, 1.54) is 12.1 Å². The van der Waals surface area contributed by atoms with Crippen LogP contribution in [0.5, 0.6) is 11.5 Å². The van der Waals surface area contributed by atoms with Crippen LogP contribution in [0.15, 0.2) is 65.1 Å². The van der Waals surface area contributed by atoms with Crippen molar-refractivity contribution < 1.29 is 14.4 Å². The van der Waals surface area contributed by atoms with Gasteiger partial charge in [-0.2, -0.15) is 5.26 Å². The topological polar surface area (TPSA) is 85.4 Å². The van der Waals surface area contributed by atoms with Crippen LogP contribution in [0.2, 0.25) is 5.02 Å². The van der Waals surface area contributed by atoms with Crippen LogP contribution in [0, 0.1) is 21.4 Å². The summed E-state index contributed by atoms with van der Waals surface area (Å²) in [6.07, 6.45) is 1.69. The summed E-state index contributed by atoms with van der Waals surface area (Å²) in [5.41, 5.74) is 2.57. The quantitative estimate of drug-likeness (QED) is 0.139. The van der Waals surface area contributed by atoms with E-state index < -0.39 is 4.92 Å². The number of benzene rings is 3. The zero-order valence-electron chi connectivity index (χ0n) is 17.0. The van der Waals surface area contributed by atoms with Gasteiger partial charge in [0.05, 0.1) is 23.2 Å². The largest absolute Gasteiger partial charge is 0.490 e. The molecule has 3 aromatic carbocycles. The number of non-ortho nitro benzene ring substituents is 1. The van der Waals surface area contributed by atoms with Gasteiger partial charge in [0.15, 0.2) is 11.5 Å². The van der Waals surface area contributed by atoms with Crippen LogP contribution in [0.25, 0.3) is 11.6 Å². The first-order chi connectivity index (χ1) is 15.4. The number of nitro groups is 1. The van der Waals surface area contributed by atoms with Gasteiger partial charge in [-0.1, -0.05) is 39.7 Å². The molecule has 0 bridgehead atoms. The van der Waals surface area contributed by atoms with Crippen LogP contribution < -0.4 is 9.47 Å². The van der Waals surface area contributed by atoms with Gasteiger partial charge in [0, 0.05) is 21.6 Å². The number of allylic oxidation sites excluding steroid dienone is 1. The second-order valence-corrected chi connectivity index (χ2v) is 7.93. The van der Waals surface area contributed by atoms with E-state index in [9.17, 15) is 15.4 Å². The zero-order chi connectivity index (χ0) is 23.1. The summed E-state index contributed by atoms with van der Waals surface area (Å²) in [7, 11) is 0. The molecule has 6 nitrogen and oxygen atoms in total. The Labute approximate surface area is 198 Å². The third-order valence-electron chi connectivity index (χ3n) is 4.48. The Bertz CT molecular complexity index is 1190. The van der Waals surface area contributed by atoms with E-state index in [1.54, 1.807) is 42.5 Å². The van der Waals surface area contributed by atoms with Crippen molar-refractivity contribution in [3.8, 4) is 17.6 Å². The maximum atomic E-state index is 10.9. The first kappa shape index (κ1) is 23.3. The summed E-state index contributed by atoms with van der Waals surface area (Å²) < 4.78 is 12.4. The number of nitro benzene ring substituents is 1. The van der Waals surface area contributed by atoms with Crippen molar-refractivity contribution >= 4 is 44.9 Å². The van der Waals surface area contributed by atoms with Gasteiger partial charge in [0.1, 0.15) is 6.61 Å². The molecule has 32 heavy (non-hydrogen) atoms. The molecule has 0 spiro atoms. The van der Waals surface area contributed by atoms with Crippen LogP contribution >= 0.6 is 27.5 Å². The van der Waals surface area contributed by atoms with E-state index in [1.807, 2.05) is 19.1 Å². The van der Waals surface area contributed by atoms with Gasteiger partial charge in [-0.25, -0.2) is 0 Å². The molecule has 0 atom stereocenters. The molecule has 8 heteroatoms. The molecule has 3 aromatic rings. The normalized spacial score (nSPS) is 11.0.